The number of amides is 1. The van der Waals surface area contributed by atoms with E-state index in [9.17, 15) is 18.0 Å². The lowest BCUT2D eigenvalue weighted by Gasteiger charge is -2.12. The molecule has 1 aliphatic carbocycles. The van der Waals surface area contributed by atoms with Crippen molar-refractivity contribution in [3.63, 3.8) is 0 Å². The van der Waals surface area contributed by atoms with Crippen molar-refractivity contribution in [2.24, 2.45) is 0 Å². The zero-order valence-electron chi connectivity index (χ0n) is 12.3. The van der Waals surface area contributed by atoms with E-state index in [1.54, 1.807) is 13.2 Å². The summed E-state index contributed by atoms with van der Waals surface area (Å²) >= 11 is 0. The molecule has 1 aromatic rings. The van der Waals surface area contributed by atoms with E-state index >= 15 is 0 Å². The Kier molecular flexibility index (Phi) is 5.11. The van der Waals surface area contributed by atoms with Gasteiger partial charge in [-0.3, -0.25) is 4.79 Å². The van der Waals surface area contributed by atoms with Crippen LogP contribution in [0.25, 0.3) is 5.57 Å². The molecule has 0 radical (unpaired) electrons. The molecule has 1 aromatic carbocycles. The van der Waals surface area contributed by atoms with Gasteiger partial charge >= 0.3 is 12.1 Å². The van der Waals surface area contributed by atoms with E-state index < -0.39 is 12.1 Å². The van der Waals surface area contributed by atoms with E-state index in [0.29, 0.717) is 5.75 Å². The molecule has 1 aliphatic rings. The maximum Gasteiger partial charge on any atom is 0.471 e. The van der Waals surface area contributed by atoms with Crippen molar-refractivity contribution in [3.05, 3.63) is 35.4 Å². The molecule has 0 aliphatic heterocycles. The van der Waals surface area contributed by atoms with Gasteiger partial charge in [0.1, 0.15) is 5.75 Å². The smallest absolute Gasteiger partial charge is 0.471 e. The van der Waals surface area contributed by atoms with Crippen LogP contribution in [0.2, 0.25) is 0 Å². The van der Waals surface area contributed by atoms with Gasteiger partial charge in [-0.05, 0) is 54.5 Å². The van der Waals surface area contributed by atoms with Gasteiger partial charge in [0.2, 0.25) is 0 Å². The maximum absolute atomic E-state index is 12.2. The van der Waals surface area contributed by atoms with Gasteiger partial charge in [-0.1, -0.05) is 12.1 Å². The minimum atomic E-state index is -4.84. The zero-order chi connectivity index (χ0) is 16.2. The summed E-state index contributed by atoms with van der Waals surface area (Å²) < 4.78 is 41.7. The summed E-state index contributed by atoms with van der Waals surface area (Å²) in [6.45, 7) is -0.135. The number of carbonyl (C=O) groups excluding carboxylic acids is 1. The molecule has 0 saturated carbocycles. The Morgan fingerprint density at radius 1 is 1.32 bits per heavy atom. The molecule has 0 heterocycles. The molecule has 0 spiro atoms. The average molecular weight is 313 g/mol. The van der Waals surface area contributed by atoms with Crippen LogP contribution in [0.4, 0.5) is 13.2 Å². The van der Waals surface area contributed by atoms with Gasteiger partial charge in [0.15, 0.2) is 0 Å². The molecule has 1 amide bonds. The average Bonchev–Trinajstić information content (AvgIpc) is 2.68. The first-order valence-corrected chi connectivity index (χ1v) is 7.13. The van der Waals surface area contributed by atoms with Crippen LogP contribution in [-0.4, -0.2) is 25.7 Å². The highest BCUT2D eigenvalue weighted by Gasteiger charge is 2.38. The van der Waals surface area contributed by atoms with Gasteiger partial charge < -0.3 is 10.1 Å². The van der Waals surface area contributed by atoms with Crippen LogP contribution in [0.15, 0.2) is 24.3 Å². The molecular weight excluding hydrogens is 295 g/mol. The minimum absolute atomic E-state index is 0.135. The van der Waals surface area contributed by atoms with E-state index in [0.717, 1.165) is 42.4 Å². The topological polar surface area (TPSA) is 38.3 Å². The van der Waals surface area contributed by atoms with Crippen molar-refractivity contribution in [1.82, 2.24) is 5.32 Å². The molecule has 22 heavy (non-hydrogen) atoms. The standard InChI is InChI=1S/C16H18F3NO2/c1-22-13-7-6-11-4-2-3-5-12(14(11)10-13)8-9-20-15(21)16(17,18)19/h6-8,10H,2-5,9H2,1H3,(H,20,21)/b12-8+. The first kappa shape index (κ1) is 16.4. The summed E-state index contributed by atoms with van der Waals surface area (Å²) in [6, 6.07) is 5.77. The number of halogens is 3. The molecule has 3 nitrogen and oxygen atoms in total. The SMILES string of the molecule is COc1ccc2c(c1)/C(=C/CNC(=O)C(F)(F)F)CCCC2. The second kappa shape index (κ2) is 6.85. The summed E-state index contributed by atoms with van der Waals surface area (Å²) in [4.78, 5) is 10.8. The van der Waals surface area contributed by atoms with Crippen molar-refractivity contribution in [2.75, 3.05) is 13.7 Å². The zero-order valence-corrected chi connectivity index (χ0v) is 12.3. The fraction of sp³-hybridized carbons (Fsp3) is 0.438. The quantitative estimate of drug-likeness (QED) is 0.868. The third-order valence-electron chi connectivity index (χ3n) is 3.67. The number of fused-ring (bicyclic) bond motifs is 1. The Labute approximate surface area is 127 Å². The van der Waals surface area contributed by atoms with Crippen LogP contribution in [-0.2, 0) is 11.2 Å². The Bertz CT molecular complexity index is 579. The fourth-order valence-electron chi connectivity index (χ4n) is 2.54. The lowest BCUT2D eigenvalue weighted by atomic mass is 9.98. The Balaban J connectivity index is 2.17. The largest absolute Gasteiger partial charge is 0.497 e. The fourth-order valence-corrected chi connectivity index (χ4v) is 2.54. The minimum Gasteiger partial charge on any atom is -0.497 e. The number of aryl methyl sites for hydroxylation is 1. The summed E-state index contributed by atoms with van der Waals surface area (Å²) in [5.74, 6) is -1.20. The molecule has 0 aromatic heterocycles. The van der Waals surface area contributed by atoms with Crippen LogP contribution >= 0.6 is 0 Å². The van der Waals surface area contributed by atoms with E-state index in [4.69, 9.17) is 4.74 Å². The number of methoxy groups -OCH3 is 1. The molecule has 2 rings (SSSR count). The molecular formula is C16H18F3NO2. The van der Waals surface area contributed by atoms with Crippen molar-refractivity contribution in [2.45, 2.75) is 31.9 Å². The van der Waals surface area contributed by atoms with Crippen molar-refractivity contribution < 1.29 is 22.7 Å². The molecule has 0 fully saturated rings. The second-order valence-electron chi connectivity index (χ2n) is 5.17. The number of hydrogen-bond acceptors (Lipinski definition) is 2. The van der Waals surface area contributed by atoms with Crippen LogP contribution in [0.1, 0.15) is 30.4 Å². The van der Waals surface area contributed by atoms with E-state index in [2.05, 4.69) is 0 Å². The molecule has 6 heteroatoms. The lowest BCUT2D eigenvalue weighted by molar-refractivity contribution is -0.173. The van der Waals surface area contributed by atoms with Crippen molar-refractivity contribution >= 4 is 11.5 Å². The summed E-state index contributed by atoms with van der Waals surface area (Å²) in [5, 5.41) is 1.88. The lowest BCUT2D eigenvalue weighted by Crippen LogP contribution is -2.36. The first-order valence-electron chi connectivity index (χ1n) is 7.13. The highest BCUT2D eigenvalue weighted by molar-refractivity contribution is 5.82. The number of alkyl halides is 3. The van der Waals surface area contributed by atoms with Crippen molar-refractivity contribution in [1.29, 1.82) is 0 Å². The van der Waals surface area contributed by atoms with Crippen LogP contribution in [0.3, 0.4) is 0 Å². The Morgan fingerprint density at radius 3 is 2.73 bits per heavy atom. The molecule has 0 saturated heterocycles. The number of carbonyl (C=O) groups is 1. The number of rotatable bonds is 3. The number of benzene rings is 1. The predicted octanol–water partition coefficient (Wildman–Crippen LogP) is 3.48. The van der Waals surface area contributed by atoms with Crippen molar-refractivity contribution in [3.8, 4) is 5.75 Å². The summed E-state index contributed by atoms with van der Waals surface area (Å²) in [5.41, 5.74) is 3.11. The first-order chi connectivity index (χ1) is 10.4. The summed E-state index contributed by atoms with van der Waals surface area (Å²) in [7, 11) is 1.57. The number of allylic oxidation sites excluding steroid dienone is 1. The van der Waals surface area contributed by atoms with E-state index in [1.807, 2.05) is 23.5 Å². The normalized spacial score (nSPS) is 16.8. The molecule has 1 N–H and O–H groups in total. The number of nitrogens with one attached hydrogen (secondary N) is 1. The summed E-state index contributed by atoms with van der Waals surface area (Å²) in [6.07, 6.45) is 0.533. The van der Waals surface area contributed by atoms with Crippen LogP contribution in [0.5, 0.6) is 5.75 Å². The molecule has 0 atom stereocenters. The highest BCUT2D eigenvalue weighted by Crippen LogP contribution is 2.32. The number of hydrogen-bond donors (Lipinski definition) is 1. The third-order valence-corrected chi connectivity index (χ3v) is 3.67. The Morgan fingerprint density at radius 2 is 2.05 bits per heavy atom. The third kappa shape index (κ3) is 4.02. The van der Waals surface area contributed by atoms with Gasteiger partial charge in [-0.2, -0.15) is 13.2 Å². The molecule has 120 valence electrons. The van der Waals surface area contributed by atoms with Gasteiger partial charge in [-0.15, -0.1) is 0 Å². The van der Waals surface area contributed by atoms with E-state index in [1.165, 1.54) is 0 Å². The predicted molar refractivity (Wildman–Crippen MR) is 77.6 cm³/mol. The van der Waals surface area contributed by atoms with Crippen LogP contribution in [0, 0.1) is 0 Å². The van der Waals surface area contributed by atoms with Crippen LogP contribution < -0.4 is 10.1 Å². The maximum atomic E-state index is 12.2. The van der Waals surface area contributed by atoms with Gasteiger partial charge in [0.05, 0.1) is 7.11 Å². The number of ether oxygens (including phenoxy) is 1. The molecule has 0 unspecified atom stereocenters. The Hall–Kier alpha value is -1.98. The van der Waals surface area contributed by atoms with Gasteiger partial charge in [0, 0.05) is 6.54 Å². The van der Waals surface area contributed by atoms with Gasteiger partial charge in [-0.25, -0.2) is 0 Å². The molecule has 0 bridgehead atoms. The second-order valence-corrected chi connectivity index (χ2v) is 5.17. The monoisotopic (exact) mass is 313 g/mol. The van der Waals surface area contributed by atoms with Gasteiger partial charge in [0.25, 0.3) is 0 Å². The highest BCUT2D eigenvalue weighted by atomic mass is 19.4. The van der Waals surface area contributed by atoms with E-state index in [-0.39, 0.29) is 6.54 Å².